The molecule has 0 amide bonds. The zero-order valence-electron chi connectivity index (χ0n) is 10.4. The normalized spacial score (nSPS) is 10.9. The van der Waals surface area contributed by atoms with E-state index in [1.807, 2.05) is 24.3 Å². The minimum absolute atomic E-state index is 0.753. The number of hydrogen-bond acceptors (Lipinski definition) is 4. The molecule has 94 valence electrons. The van der Waals surface area contributed by atoms with Gasteiger partial charge in [0, 0.05) is 0 Å². The van der Waals surface area contributed by atoms with Gasteiger partial charge in [0.2, 0.25) is 0 Å². The van der Waals surface area contributed by atoms with Gasteiger partial charge in [0.15, 0.2) is 0 Å². The quantitative estimate of drug-likeness (QED) is 0.579. The first-order valence-electron chi connectivity index (χ1n) is 6.00. The first-order valence-corrected chi connectivity index (χ1v) is 6.00. The number of hydrogen-bond donors (Lipinski definition) is 0. The number of nitrogens with zero attached hydrogens (tertiary/aromatic N) is 4. The number of ether oxygens (including phenoxy) is 1. The van der Waals surface area contributed by atoms with E-state index in [0.29, 0.717) is 0 Å². The first-order chi connectivity index (χ1) is 8.88. The van der Waals surface area contributed by atoms with Crippen LogP contribution in [0.5, 0.6) is 5.75 Å². The van der Waals surface area contributed by atoms with Crippen molar-refractivity contribution in [3.05, 3.63) is 42.5 Å². The maximum absolute atomic E-state index is 5.63. The van der Waals surface area contributed by atoms with Crippen LogP contribution in [0.4, 0.5) is 0 Å². The van der Waals surface area contributed by atoms with E-state index >= 15 is 0 Å². The molecule has 2 rings (SSSR count). The second-order valence-electron chi connectivity index (χ2n) is 3.86. The van der Waals surface area contributed by atoms with Crippen LogP contribution in [0.3, 0.4) is 0 Å². The largest absolute Gasteiger partial charge is 0.494 e. The highest BCUT2D eigenvalue weighted by Crippen LogP contribution is 2.12. The fourth-order valence-electron chi connectivity index (χ4n) is 1.41. The molecule has 0 atom stereocenters. The Hall–Kier alpha value is -2.17. The Morgan fingerprint density at radius 2 is 2.17 bits per heavy atom. The van der Waals surface area contributed by atoms with Gasteiger partial charge in [-0.1, -0.05) is 25.5 Å². The second-order valence-corrected chi connectivity index (χ2v) is 3.86. The summed E-state index contributed by atoms with van der Waals surface area (Å²) in [7, 11) is 0. The van der Waals surface area contributed by atoms with Crippen molar-refractivity contribution in [1.29, 1.82) is 0 Å². The van der Waals surface area contributed by atoms with Crippen LogP contribution in [0.15, 0.2) is 42.0 Å². The fourth-order valence-corrected chi connectivity index (χ4v) is 1.41. The SMILES string of the molecule is CCCCOc1cccc(/C=N/n2cnnc2)c1. The maximum atomic E-state index is 5.63. The minimum atomic E-state index is 0.753. The van der Waals surface area contributed by atoms with Gasteiger partial charge in [-0.05, 0) is 24.1 Å². The summed E-state index contributed by atoms with van der Waals surface area (Å²) in [5, 5.41) is 11.5. The van der Waals surface area contributed by atoms with Gasteiger partial charge in [0.05, 0.1) is 12.8 Å². The Bertz CT molecular complexity index is 493. The minimum Gasteiger partial charge on any atom is -0.494 e. The second kappa shape index (κ2) is 6.54. The van der Waals surface area contributed by atoms with Crippen LogP contribution in [0.25, 0.3) is 0 Å². The Morgan fingerprint density at radius 3 is 2.94 bits per heavy atom. The third-order valence-corrected chi connectivity index (χ3v) is 2.37. The predicted octanol–water partition coefficient (Wildman–Crippen LogP) is 2.34. The van der Waals surface area contributed by atoms with E-state index < -0.39 is 0 Å². The van der Waals surface area contributed by atoms with E-state index in [9.17, 15) is 0 Å². The van der Waals surface area contributed by atoms with Crippen molar-refractivity contribution < 1.29 is 4.74 Å². The first kappa shape index (κ1) is 12.3. The zero-order valence-corrected chi connectivity index (χ0v) is 10.4. The van der Waals surface area contributed by atoms with Crippen molar-refractivity contribution in [3.8, 4) is 5.75 Å². The number of benzene rings is 1. The van der Waals surface area contributed by atoms with Crippen molar-refractivity contribution in [2.45, 2.75) is 19.8 Å². The van der Waals surface area contributed by atoms with Crippen LogP contribution in [0, 0.1) is 0 Å². The topological polar surface area (TPSA) is 52.3 Å². The molecule has 18 heavy (non-hydrogen) atoms. The summed E-state index contributed by atoms with van der Waals surface area (Å²) < 4.78 is 7.18. The standard InChI is InChI=1S/C13H16N4O/c1-2-3-7-18-13-6-4-5-12(8-13)9-16-17-10-14-15-11-17/h4-6,8-11H,2-3,7H2,1H3/b16-9+. The molecule has 2 aromatic rings. The van der Waals surface area contributed by atoms with Gasteiger partial charge in [0.25, 0.3) is 0 Å². The van der Waals surface area contributed by atoms with Gasteiger partial charge < -0.3 is 4.74 Å². The van der Waals surface area contributed by atoms with Crippen LogP contribution in [0.1, 0.15) is 25.3 Å². The molecule has 0 saturated heterocycles. The summed E-state index contributed by atoms with van der Waals surface area (Å²) in [4.78, 5) is 0. The van der Waals surface area contributed by atoms with Gasteiger partial charge in [-0.15, -0.1) is 10.2 Å². The Balaban J connectivity index is 1.98. The highest BCUT2D eigenvalue weighted by atomic mass is 16.5. The summed E-state index contributed by atoms with van der Waals surface area (Å²) in [5.41, 5.74) is 0.984. The summed E-state index contributed by atoms with van der Waals surface area (Å²) in [6, 6.07) is 7.84. The van der Waals surface area contributed by atoms with Gasteiger partial charge in [-0.3, -0.25) is 0 Å². The van der Waals surface area contributed by atoms with E-state index in [4.69, 9.17) is 4.74 Å². The van der Waals surface area contributed by atoms with E-state index in [2.05, 4.69) is 22.2 Å². The molecule has 0 aliphatic heterocycles. The number of unbranched alkanes of at least 4 members (excludes halogenated alkanes) is 1. The molecule has 0 aliphatic carbocycles. The summed E-state index contributed by atoms with van der Waals surface area (Å²) in [6.07, 6.45) is 7.03. The molecule has 1 aromatic carbocycles. The van der Waals surface area contributed by atoms with Crippen molar-refractivity contribution >= 4 is 6.21 Å². The lowest BCUT2D eigenvalue weighted by atomic mass is 10.2. The van der Waals surface area contributed by atoms with Crippen LogP contribution in [-0.2, 0) is 0 Å². The average molecular weight is 244 g/mol. The van der Waals surface area contributed by atoms with E-state index in [-0.39, 0.29) is 0 Å². The highest BCUT2D eigenvalue weighted by Gasteiger charge is 1.95. The van der Waals surface area contributed by atoms with E-state index in [1.54, 1.807) is 10.9 Å². The molecule has 0 fully saturated rings. The van der Waals surface area contributed by atoms with Crippen LogP contribution >= 0.6 is 0 Å². The van der Waals surface area contributed by atoms with Gasteiger partial charge >= 0.3 is 0 Å². The molecule has 0 aliphatic rings. The molecule has 5 heteroatoms. The summed E-state index contributed by atoms with van der Waals surface area (Å²) in [6.45, 7) is 2.90. The molecule has 1 aromatic heterocycles. The van der Waals surface area contributed by atoms with Crippen molar-refractivity contribution in [1.82, 2.24) is 14.9 Å². The van der Waals surface area contributed by atoms with Gasteiger partial charge in [-0.2, -0.15) is 5.10 Å². The van der Waals surface area contributed by atoms with E-state index in [0.717, 1.165) is 30.8 Å². The van der Waals surface area contributed by atoms with Crippen molar-refractivity contribution in [2.75, 3.05) is 6.61 Å². The highest BCUT2D eigenvalue weighted by molar-refractivity contribution is 5.80. The Morgan fingerprint density at radius 1 is 1.33 bits per heavy atom. The molecule has 0 unspecified atom stereocenters. The third-order valence-electron chi connectivity index (χ3n) is 2.37. The van der Waals surface area contributed by atoms with Gasteiger partial charge in [0.1, 0.15) is 18.4 Å². The fraction of sp³-hybridized carbons (Fsp3) is 0.308. The molecule has 0 spiro atoms. The molecule has 0 bridgehead atoms. The molecular formula is C13H16N4O. The number of aromatic nitrogens is 3. The number of rotatable bonds is 6. The lowest BCUT2D eigenvalue weighted by Crippen LogP contribution is -1.97. The molecule has 0 radical (unpaired) electrons. The summed E-state index contributed by atoms with van der Waals surface area (Å²) in [5.74, 6) is 0.871. The smallest absolute Gasteiger partial charge is 0.141 e. The molecule has 0 saturated carbocycles. The van der Waals surface area contributed by atoms with Crippen LogP contribution in [-0.4, -0.2) is 27.7 Å². The van der Waals surface area contributed by atoms with Gasteiger partial charge in [-0.25, -0.2) is 4.68 Å². The summed E-state index contributed by atoms with van der Waals surface area (Å²) >= 11 is 0. The molecule has 1 heterocycles. The van der Waals surface area contributed by atoms with Crippen LogP contribution < -0.4 is 4.74 Å². The van der Waals surface area contributed by atoms with Crippen molar-refractivity contribution in [3.63, 3.8) is 0 Å². The monoisotopic (exact) mass is 244 g/mol. The molecule has 5 nitrogen and oxygen atoms in total. The lowest BCUT2D eigenvalue weighted by molar-refractivity contribution is 0.309. The molecular weight excluding hydrogens is 228 g/mol. The van der Waals surface area contributed by atoms with Crippen LogP contribution in [0.2, 0.25) is 0 Å². The Kier molecular flexibility index (Phi) is 4.46. The predicted molar refractivity (Wildman–Crippen MR) is 69.9 cm³/mol. The lowest BCUT2D eigenvalue weighted by Gasteiger charge is -2.05. The third kappa shape index (κ3) is 3.69. The maximum Gasteiger partial charge on any atom is 0.141 e. The zero-order chi connectivity index (χ0) is 12.6. The van der Waals surface area contributed by atoms with E-state index in [1.165, 1.54) is 12.7 Å². The average Bonchev–Trinajstić information content (AvgIpc) is 2.90. The Labute approximate surface area is 106 Å². The molecule has 0 N–H and O–H groups in total. The van der Waals surface area contributed by atoms with Crippen molar-refractivity contribution in [2.24, 2.45) is 5.10 Å².